The van der Waals surface area contributed by atoms with E-state index in [1.54, 1.807) is 30.7 Å². The number of benzene rings is 1. The van der Waals surface area contributed by atoms with Gasteiger partial charge in [-0.2, -0.15) is 5.26 Å². The third-order valence-corrected chi connectivity index (χ3v) is 7.52. The molecular weight excluding hydrogens is 507 g/mol. The van der Waals surface area contributed by atoms with Gasteiger partial charge < -0.3 is 25.2 Å². The van der Waals surface area contributed by atoms with Gasteiger partial charge >= 0.3 is 13.1 Å². The number of piperidine rings is 1. The summed E-state index contributed by atoms with van der Waals surface area (Å²) < 4.78 is 27.6. The number of hydrogen-bond acceptors (Lipinski definition) is 6. The Bertz CT molecular complexity index is 1080. The first-order valence-electron chi connectivity index (χ1n) is 13.3. The summed E-state index contributed by atoms with van der Waals surface area (Å²) in [5, 5.41) is 32.1. The van der Waals surface area contributed by atoms with Gasteiger partial charge in [0.2, 0.25) is 0 Å². The van der Waals surface area contributed by atoms with E-state index in [4.69, 9.17) is 0 Å². The molecule has 1 aromatic rings. The Kier molecular flexibility index (Phi) is 10.1. The van der Waals surface area contributed by atoms with E-state index in [0.717, 1.165) is 18.4 Å². The molecule has 0 aliphatic carbocycles. The normalized spacial score (nSPS) is 20.7. The van der Waals surface area contributed by atoms with Crippen molar-refractivity contribution in [2.24, 2.45) is 0 Å². The second-order valence-corrected chi connectivity index (χ2v) is 11.0. The fourth-order valence-corrected chi connectivity index (χ4v) is 5.19. The maximum atomic E-state index is 13.8. The largest absolute Gasteiger partial charge is 0.475 e. The maximum Gasteiger partial charge on any atom is 0.475 e. The molecule has 0 aromatic heterocycles. The molecule has 0 bridgehead atoms. The molecule has 0 saturated carbocycles. The molecular formula is C27H38BF2N5O4. The number of likely N-dealkylation sites (tertiary alicyclic amines) is 2. The third-order valence-electron chi connectivity index (χ3n) is 7.52. The van der Waals surface area contributed by atoms with Gasteiger partial charge in [0.15, 0.2) is 0 Å². The van der Waals surface area contributed by atoms with Crippen LogP contribution in [0.5, 0.6) is 0 Å². The molecule has 1 aromatic carbocycles. The topological polar surface area (TPSA) is 120 Å². The molecule has 0 radical (unpaired) electrons. The van der Waals surface area contributed by atoms with E-state index in [0.29, 0.717) is 13.0 Å². The second-order valence-electron chi connectivity index (χ2n) is 11.0. The van der Waals surface area contributed by atoms with Crippen LogP contribution in [0.25, 0.3) is 0 Å². The minimum Gasteiger partial charge on any atom is -0.426 e. The Morgan fingerprint density at radius 2 is 1.97 bits per heavy atom. The summed E-state index contributed by atoms with van der Waals surface area (Å²) in [4.78, 5) is 30.9. The molecule has 0 spiro atoms. The number of likely N-dealkylation sites (N-methyl/N-ethyl adjacent to an activating group) is 1. The Hall–Kier alpha value is -3.01. The van der Waals surface area contributed by atoms with Crippen molar-refractivity contribution in [1.29, 1.82) is 5.26 Å². The number of nitrogens with one attached hydrogen (secondary N) is 1. The molecule has 12 heteroatoms. The summed E-state index contributed by atoms with van der Waals surface area (Å²) in [5.74, 6) is -4.21. The van der Waals surface area contributed by atoms with Crippen LogP contribution < -0.4 is 5.32 Å². The van der Waals surface area contributed by atoms with Crippen LogP contribution >= 0.6 is 0 Å². The van der Waals surface area contributed by atoms with Crippen LogP contribution in [0.4, 0.5) is 13.6 Å². The van der Waals surface area contributed by atoms with Crippen molar-refractivity contribution in [1.82, 2.24) is 20.0 Å². The molecule has 3 amide bonds. The zero-order chi connectivity index (χ0) is 28.8. The van der Waals surface area contributed by atoms with Gasteiger partial charge in [0, 0.05) is 44.7 Å². The van der Waals surface area contributed by atoms with E-state index in [1.807, 2.05) is 36.4 Å². The number of rotatable bonds is 9. The van der Waals surface area contributed by atoms with Gasteiger partial charge in [-0.1, -0.05) is 30.3 Å². The van der Waals surface area contributed by atoms with E-state index >= 15 is 0 Å². The van der Waals surface area contributed by atoms with Crippen molar-refractivity contribution in [2.45, 2.75) is 69.4 Å². The number of hydrogen-bond donors (Lipinski definition) is 3. The Labute approximate surface area is 229 Å². The standard InChI is InChI=1S/C27H38BF2N5O4/c1-26(2,34-14-12-27(29,30)19-34)16-21(17-31)24(36)35-13-8-7-11-22(35)18-33(3)25(37)32-23(28(38)39)15-20-9-5-4-6-10-20/h4-6,9-10,16,22-23,38-39H,7-8,11-15,18-19H2,1-3H3,(H,32,37)/t22-,23+/m1/s1. The number of amides is 3. The predicted octanol–water partition coefficient (Wildman–Crippen LogP) is 2.20. The number of nitriles is 1. The number of carbonyl (C=O) groups excluding carboxylic acids is 2. The quantitative estimate of drug-likeness (QED) is 0.249. The molecule has 2 fully saturated rings. The van der Waals surface area contributed by atoms with Crippen molar-refractivity contribution in [3.05, 3.63) is 47.5 Å². The second kappa shape index (κ2) is 12.9. The van der Waals surface area contributed by atoms with E-state index in [1.165, 1.54) is 11.0 Å². The van der Waals surface area contributed by atoms with Crippen LogP contribution in [0.15, 0.2) is 42.0 Å². The van der Waals surface area contributed by atoms with Crippen molar-refractivity contribution in [3.63, 3.8) is 0 Å². The summed E-state index contributed by atoms with van der Waals surface area (Å²) in [7, 11) is -0.203. The van der Waals surface area contributed by atoms with Crippen molar-refractivity contribution < 1.29 is 28.4 Å². The van der Waals surface area contributed by atoms with E-state index in [2.05, 4.69) is 5.32 Å². The van der Waals surface area contributed by atoms with Crippen molar-refractivity contribution in [3.8, 4) is 6.07 Å². The molecule has 2 heterocycles. The highest BCUT2D eigenvalue weighted by atomic mass is 19.3. The minimum absolute atomic E-state index is 0.111. The summed E-state index contributed by atoms with van der Waals surface area (Å²) in [6, 6.07) is 10.2. The van der Waals surface area contributed by atoms with Crippen molar-refractivity contribution >= 4 is 19.1 Å². The molecule has 212 valence electrons. The number of alkyl halides is 2. The van der Waals surface area contributed by atoms with Crippen molar-refractivity contribution in [2.75, 3.05) is 33.2 Å². The minimum atomic E-state index is -2.79. The average Bonchev–Trinajstić information content (AvgIpc) is 3.27. The Morgan fingerprint density at radius 3 is 2.56 bits per heavy atom. The van der Waals surface area contributed by atoms with Crippen LogP contribution in [-0.4, -0.2) is 100 Å². The first kappa shape index (κ1) is 30.5. The maximum absolute atomic E-state index is 13.8. The van der Waals surface area contributed by atoms with E-state index in [9.17, 15) is 33.7 Å². The summed E-state index contributed by atoms with van der Waals surface area (Å²) >= 11 is 0. The van der Waals surface area contributed by atoms with E-state index in [-0.39, 0.29) is 37.5 Å². The summed E-state index contributed by atoms with van der Waals surface area (Å²) in [6.45, 7) is 3.76. The van der Waals surface area contributed by atoms with Crippen LogP contribution in [0.2, 0.25) is 0 Å². The zero-order valence-electron chi connectivity index (χ0n) is 22.8. The molecule has 9 nitrogen and oxygen atoms in total. The number of nitrogens with zero attached hydrogens (tertiary/aromatic N) is 4. The lowest BCUT2D eigenvalue weighted by atomic mass is 9.76. The predicted molar refractivity (Wildman–Crippen MR) is 144 cm³/mol. The van der Waals surface area contributed by atoms with Crippen LogP contribution in [0.3, 0.4) is 0 Å². The highest BCUT2D eigenvalue weighted by molar-refractivity contribution is 6.43. The van der Waals surface area contributed by atoms with Gasteiger partial charge in [0.05, 0.1) is 12.5 Å². The molecule has 2 saturated heterocycles. The number of urea groups is 1. The Morgan fingerprint density at radius 1 is 1.28 bits per heavy atom. The van der Waals surface area contributed by atoms with Crippen LogP contribution in [-0.2, 0) is 11.2 Å². The molecule has 3 N–H and O–H groups in total. The fraction of sp³-hybridized carbons (Fsp3) is 0.593. The van der Waals surface area contributed by atoms with Gasteiger partial charge in [-0.05, 0) is 51.2 Å². The molecule has 2 aliphatic heterocycles. The lowest BCUT2D eigenvalue weighted by molar-refractivity contribution is -0.130. The number of carbonyl (C=O) groups is 2. The molecule has 3 rings (SSSR count). The zero-order valence-corrected chi connectivity index (χ0v) is 22.8. The molecule has 0 unspecified atom stereocenters. The molecule has 2 aliphatic rings. The Balaban J connectivity index is 1.68. The highest BCUT2D eigenvalue weighted by Crippen LogP contribution is 2.33. The lowest BCUT2D eigenvalue weighted by Gasteiger charge is -2.38. The first-order valence-corrected chi connectivity index (χ1v) is 13.3. The lowest BCUT2D eigenvalue weighted by Crippen LogP contribution is -2.55. The smallest absolute Gasteiger partial charge is 0.426 e. The highest BCUT2D eigenvalue weighted by Gasteiger charge is 2.43. The van der Waals surface area contributed by atoms with Crippen LogP contribution in [0, 0.1) is 11.3 Å². The van der Waals surface area contributed by atoms with Gasteiger partial charge in [-0.25, -0.2) is 13.6 Å². The average molecular weight is 545 g/mol. The summed E-state index contributed by atoms with van der Waals surface area (Å²) in [5.41, 5.74) is -0.193. The van der Waals surface area contributed by atoms with Gasteiger partial charge in [0.25, 0.3) is 11.8 Å². The van der Waals surface area contributed by atoms with Gasteiger partial charge in [0.1, 0.15) is 11.6 Å². The first-order chi connectivity index (χ1) is 18.3. The van der Waals surface area contributed by atoms with Crippen LogP contribution in [0.1, 0.15) is 45.1 Å². The SMILES string of the molecule is CN(C[C@H]1CCCCN1C(=O)C(C#N)=CC(C)(C)N1CCC(F)(F)C1)C(=O)N[C@@H](Cc1ccccc1)B(O)O. The summed E-state index contributed by atoms with van der Waals surface area (Å²) in [6.07, 6.45) is 3.64. The van der Waals surface area contributed by atoms with E-state index < -0.39 is 43.0 Å². The molecule has 39 heavy (non-hydrogen) atoms. The molecule has 2 atom stereocenters. The third kappa shape index (κ3) is 8.24. The van der Waals surface area contributed by atoms with Gasteiger partial charge in [-0.3, -0.25) is 9.69 Å². The fourth-order valence-electron chi connectivity index (χ4n) is 5.19. The van der Waals surface area contributed by atoms with Gasteiger partial charge in [-0.15, -0.1) is 0 Å². The monoisotopic (exact) mass is 545 g/mol. The number of halogens is 2.